The number of halogens is 2. The highest BCUT2D eigenvalue weighted by atomic mass is 35.5. The number of Topliss-reactive ketones (excluding diaryl/α,β-unsaturated/α-hetero) is 1. The van der Waals surface area contributed by atoms with E-state index in [4.69, 9.17) is 0 Å². The quantitative estimate of drug-likeness (QED) is 0.601. The first-order valence-electron chi connectivity index (χ1n) is 10.7. The fourth-order valence-corrected chi connectivity index (χ4v) is 5.27. The van der Waals surface area contributed by atoms with Crippen LogP contribution in [0.3, 0.4) is 0 Å². The van der Waals surface area contributed by atoms with Crippen LogP contribution in [0.25, 0.3) is 6.08 Å². The molecular weight excluding hydrogens is 449 g/mol. The van der Waals surface area contributed by atoms with Crippen molar-refractivity contribution in [3.63, 3.8) is 0 Å². The number of carbonyl (C=O) groups is 2. The van der Waals surface area contributed by atoms with Crippen molar-refractivity contribution in [3.8, 4) is 0 Å². The van der Waals surface area contributed by atoms with Gasteiger partial charge in [0.05, 0.1) is 17.4 Å². The number of piperidine rings is 1. The van der Waals surface area contributed by atoms with Crippen LogP contribution in [0.5, 0.6) is 0 Å². The van der Waals surface area contributed by atoms with Gasteiger partial charge in [0.2, 0.25) is 0 Å². The zero-order chi connectivity index (χ0) is 22.1. The molecule has 2 atom stereocenters. The average Bonchev–Trinajstić information content (AvgIpc) is 3.51. The number of thioether (sulfide) groups is 1. The number of benzene rings is 1. The molecular formula is C24H29ClFN3O2S. The van der Waals surface area contributed by atoms with Gasteiger partial charge in [-0.15, -0.1) is 12.4 Å². The number of hydrogen-bond donors (Lipinski definition) is 0. The van der Waals surface area contributed by atoms with Crippen molar-refractivity contribution in [2.45, 2.75) is 44.4 Å². The molecule has 0 N–H and O–H groups in total. The van der Waals surface area contributed by atoms with Crippen molar-refractivity contribution in [2.75, 3.05) is 13.1 Å². The van der Waals surface area contributed by atoms with Crippen LogP contribution in [0.15, 0.2) is 35.9 Å². The highest BCUT2D eigenvalue weighted by Gasteiger charge is 2.41. The summed E-state index contributed by atoms with van der Waals surface area (Å²) in [7, 11) is 1.89. The molecule has 2 heterocycles. The molecule has 1 saturated heterocycles. The molecule has 2 aliphatic rings. The van der Waals surface area contributed by atoms with Gasteiger partial charge in [0.25, 0.3) is 0 Å². The maximum atomic E-state index is 14.7. The Kier molecular flexibility index (Phi) is 7.96. The van der Waals surface area contributed by atoms with Gasteiger partial charge in [0.1, 0.15) is 5.82 Å². The zero-order valence-corrected chi connectivity index (χ0v) is 20.2. The highest BCUT2D eigenvalue weighted by Crippen LogP contribution is 2.40. The molecule has 5 nitrogen and oxygen atoms in total. The Bertz CT molecular complexity index is 1030. The molecule has 1 aliphatic carbocycles. The molecule has 1 aromatic heterocycles. The topological polar surface area (TPSA) is 55.2 Å². The molecule has 1 saturated carbocycles. The molecule has 2 aromatic rings. The van der Waals surface area contributed by atoms with Crippen LogP contribution in [-0.2, 0) is 16.6 Å². The van der Waals surface area contributed by atoms with Gasteiger partial charge < -0.3 is 0 Å². The van der Waals surface area contributed by atoms with E-state index in [0.29, 0.717) is 18.7 Å². The molecule has 0 amide bonds. The summed E-state index contributed by atoms with van der Waals surface area (Å²) in [5.41, 5.74) is 3.40. The van der Waals surface area contributed by atoms with Crippen LogP contribution in [0.4, 0.5) is 4.39 Å². The first kappa shape index (κ1) is 24.7. The maximum absolute atomic E-state index is 14.7. The van der Waals surface area contributed by atoms with E-state index >= 15 is 0 Å². The number of aryl methyl sites for hydroxylation is 2. The van der Waals surface area contributed by atoms with E-state index in [1.807, 2.05) is 24.7 Å². The maximum Gasteiger partial charge on any atom is 0.186 e. The second kappa shape index (κ2) is 10.3. The highest BCUT2D eigenvalue weighted by molar-refractivity contribution is 8.14. The third kappa shape index (κ3) is 5.50. The molecule has 0 bridgehead atoms. The summed E-state index contributed by atoms with van der Waals surface area (Å²) in [6.07, 6.45) is 4.58. The molecule has 172 valence electrons. The van der Waals surface area contributed by atoms with Crippen LogP contribution in [0, 0.1) is 18.7 Å². The fourth-order valence-electron chi connectivity index (χ4n) is 4.35. The summed E-state index contributed by atoms with van der Waals surface area (Å²) in [6, 6.07) is 8.02. The van der Waals surface area contributed by atoms with Crippen molar-refractivity contribution in [1.29, 1.82) is 0 Å². The third-order valence-electron chi connectivity index (χ3n) is 5.97. The Morgan fingerprint density at radius 2 is 1.97 bits per heavy atom. The Labute approximate surface area is 198 Å². The number of aromatic nitrogens is 2. The van der Waals surface area contributed by atoms with Gasteiger partial charge in [-0.1, -0.05) is 30.0 Å². The van der Waals surface area contributed by atoms with Gasteiger partial charge in [-0.05, 0) is 50.0 Å². The Morgan fingerprint density at radius 3 is 2.56 bits per heavy atom. The molecule has 0 spiro atoms. The standard InChI is InChI=1S/C24H28FN3O2S.ClH/c1-15-12-19(27(3)26-15)13-18-14-28(11-10-22(18)31-16(2)29)23(24(30)17-8-9-17)20-6-4-5-7-21(20)25;/h4-7,12-13,17,22-23H,8-11,14H2,1-3H3;1H/b18-13-;. The zero-order valence-electron chi connectivity index (χ0n) is 18.6. The summed E-state index contributed by atoms with van der Waals surface area (Å²) in [6.45, 7) is 4.69. The monoisotopic (exact) mass is 477 g/mol. The van der Waals surface area contributed by atoms with Crippen LogP contribution in [-0.4, -0.2) is 43.9 Å². The third-order valence-corrected chi connectivity index (χ3v) is 7.13. The van der Waals surface area contributed by atoms with Crippen LogP contribution in [0.2, 0.25) is 0 Å². The molecule has 4 rings (SSSR count). The Morgan fingerprint density at radius 1 is 1.25 bits per heavy atom. The van der Waals surface area contributed by atoms with E-state index in [-0.39, 0.29) is 40.3 Å². The van der Waals surface area contributed by atoms with Gasteiger partial charge in [0.15, 0.2) is 10.9 Å². The molecule has 2 fully saturated rings. The fraction of sp³-hybridized carbons (Fsp3) is 0.458. The van der Waals surface area contributed by atoms with Gasteiger partial charge in [-0.2, -0.15) is 5.10 Å². The molecule has 1 aromatic carbocycles. The van der Waals surface area contributed by atoms with E-state index in [0.717, 1.165) is 36.2 Å². The molecule has 1 aliphatic heterocycles. The second-order valence-electron chi connectivity index (χ2n) is 8.51. The number of rotatable bonds is 6. The van der Waals surface area contributed by atoms with Crippen molar-refractivity contribution < 1.29 is 14.0 Å². The average molecular weight is 478 g/mol. The summed E-state index contributed by atoms with van der Waals surface area (Å²) in [4.78, 5) is 27.2. The van der Waals surface area contributed by atoms with E-state index in [9.17, 15) is 14.0 Å². The molecule has 32 heavy (non-hydrogen) atoms. The van der Waals surface area contributed by atoms with Crippen molar-refractivity contribution in [1.82, 2.24) is 14.7 Å². The Hall–Kier alpha value is -1.96. The van der Waals surface area contributed by atoms with Crippen molar-refractivity contribution in [3.05, 3.63) is 58.7 Å². The predicted octanol–water partition coefficient (Wildman–Crippen LogP) is 4.75. The summed E-state index contributed by atoms with van der Waals surface area (Å²) in [5.74, 6) is -0.200. The first-order chi connectivity index (χ1) is 14.8. The first-order valence-corrected chi connectivity index (χ1v) is 11.6. The van der Waals surface area contributed by atoms with Crippen LogP contribution >= 0.6 is 24.2 Å². The number of ketones is 1. The van der Waals surface area contributed by atoms with E-state index < -0.39 is 6.04 Å². The van der Waals surface area contributed by atoms with E-state index in [1.54, 1.807) is 25.1 Å². The van der Waals surface area contributed by atoms with Crippen LogP contribution in [0.1, 0.15) is 49.2 Å². The number of hydrogen-bond acceptors (Lipinski definition) is 5. The van der Waals surface area contributed by atoms with E-state index in [1.165, 1.54) is 17.8 Å². The minimum Gasteiger partial charge on any atom is -0.297 e. The van der Waals surface area contributed by atoms with Crippen molar-refractivity contribution >= 4 is 41.1 Å². The van der Waals surface area contributed by atoms with Crippen molar-refractivity contribution in [2.24, 2.45) is 13.0 Å². The normalized spacial score (nSPS) is 21.2. The molecule has 0 radical (unpaired) electrons. The smallest absolute Gasteiger partial charge is 0.186 e. The predicted molar refractivity (Wildman–Crippen MR) is 128 cm³/mol. The number of carbonyl (C=O) groups excluding carboxylic acids is 2. The van der Waals surface area contributed by atoms with Gasteiger partial charge in [0, 0.05) is 43.8 Å². The largest absolute Gasteiger partial charge is 0.297 e. The lowest BCUT2D eigenvalue weighted by Gasteiger charge is -2.38. The number of likely N-dealkylation sites (tertiary alicyclic amines) is 1. The summed E-state index contributed by atoms with van der Waals surface area (Å²) < 4.78 is 16.6. The minimum atomic E-state index is -0.589. The number of nitrogens with zero attached hydrogens (tertiary/aromatic N) is 3. The summed E-state index contributed by atoms with van der Waals surface area (Å²) in [5, 5.41) is 4.53. The minimum absolute atomic E-state index is 0. The van der Waals surface area contributed by atoms with Gasteiger partial charge in [-0.25, -0.2) is 4.39 Å². The molecule has 2 unspecified atom stereocenters. The van der Waals surface area contributed by atoms with E-state index in [2.05, 4.69) is 16.1 Å². The Balaban J connectivity index is 0.00000289. The molecule has 8 heteroatoms. The van der Waals surface area contributed by atoms with Gasteiger partial charge >= 0.3 is 0 Å². The summed E-state index contributed by atoms with van der Waals surface area (Å²) >= 11 is 1.33. The lowest BCUT2D eigenvalue weighted by molar-refractivity contribution is -0.126. The van der Waals surface area contributed by atoms with Gasteiger partial charge in [-0.3, -0.25) is 19.2 Å². The van der Waals surface area contributed by atoms with Crippen LogP contribution < -0.4 is 0 Å². The second-order valence-corrected chi connectivity index (χ2v) is 9.89. The SMILES string of the molecule is CC(=O)SC1CCN(C(C(=O)C2CC2)c2ccccc2F)C/C1=C/c1cc(C)nn1C.Cl. The lowest BCUT2D eigenvalue weighted by Crippen LogP contribution is -2.43. The lowest BCUT2D eigenvalue weighted by atomic mass is 9.93.